The predicted molar refractivity (Wildman–Crippen MR) is 94.6 cm³/mol. The molecule has 2 amide bonds. The van der Waals surface area contributed by atoms with Crippen LogP contribution in [0.1, 0.15) is 21.5 Å². The van der Waals surface area contributed by atoms with Crippen molar-refractivity contribution in [3.63, 3.8) is 0 Å². The average Bonchev–Trinajstić information content (AvgIpc) is 3.04. The number of anilines is 1. The number of ether oxygens (including phenoxy) is 1. The molecule has 1 heterocycles. The Morgan fingerprint density at radius 1 is 1.32 bits per heavy atom. The lowest BCUT2D eigenvalue weighted by Crippen LogP contribution is -2.36. The molecule has 0 bridgehead atoms. The van der Waals surface area contributed by atoms with Crippen molar-refractivity contribution in [2.75, 3.05) is 18.5 Å². The van der Waals surface area contributed by atoms with Gasteiger partial charge in [0.15, 0.2) is 5.56 Å². The van der Waals surface area contributed by atoms with Crippen molar-refractivity contribution in [2.45, 2.75) is 19.6 Å². The van der Waals surface area contributed by atoms with Crippen LogP contribution in [0.3, 0.4) is 0 Å². The highest BCUT2D eigenvalue weighted by Gasteiger charge is 2.24. The molecular weight excluding hydrogens is 400 g/mol. The number of urea groups is 1. The molecule has 2 aromatic rings. The van der Waals surface area contributed by atoms with Gasteiger partial charge in [0.1, 0.15) is 23.2 Å². The van der Waals surface area contributed by atoms with E-state index in [0.717, 1.165) is 12.1 Å². The van der Waals surface area contributed by atoms with E-state index >= 15 is 0 Å². The van der Waals surface area contributed by atoms with E-state index in [-0.39, 0.29) is 28.6 Å². The molecule has 12 heteroatoms. The molecule has 1 atom stereocenters. The number of nitrogens with one attached hydrogen (secondary N) is 2. The van der Waals surface area contributed by atoms with E-state index < -0.39 is 48.5 Å². The Morgan fingerprint density at radius 2 is 2.04 bits per heavy atom. The summed E-state index contributed by atoms with van der Waals surface area (Å²) in [6.45, 7) is 0.108. The number of halogens is 2. The molecule has 1 aromatic carbocycles. The zero-order chi connectivity index (χ0) is 20.8. The second-order valence-corrected chi connectivity index (χ2v) is 6.42. The Kier molecular flexibility index (Phi) is 7.20. The summed E-state index contributed by atoms with van der Waals surface area (Å²) < 4.78 is 36.4. The fraction of sp³-hybridized carbons (Fsp3) is 0.312. The predicted octanol–water partition coefficient (Wildman–Crippen LogP) is 1.48. The van der Waals surface area contributed by atoms with Gasteiger partial charge in [-0.25, -0.2) is 18.4 Å². The number of nitrogens with zero attached hydrogens (tertiary/aromatic N) is 1. The molecule has 0 aliphatic heterocycles. The molecule has 152 valence electrons. The van der Waals surface area contributed by atoms with Gasteiger partial charge in [-0.1, -0.05) is 0 Å². The molecule has 28 heavy (non-hydrogen) atoms. The summed E-state index contributed by atoms with van der Waals surface area (Å²) >= 11 is 0.610. The van der Waals surface area contributed by atoms with Gasteiger partial charge in [-0.05, 0) is 36.2 Å². The summed E-state index contributed by atoms with van der Waals surface area (Å²) in [6, 6.07) is 1.10. The van der Waals surface area contributed by atoms with Gasteiger partial charge in [0.05, 0.1) is 12.7 Å². The Morgan fingerprint density at radius 3 is 2.68 bits per heavy atom. The molecule has 0 aliphatic carbocycles. The van der Waals surface area contributed by atoms with Crippen LogP contribution < -0.4 is 15.4 Å². The minimum absolute atomic E-state index is 0.116. The van der Waals surface area contributed by atoms with Crippen LogP contribution in [0.2, 0.25) is 0 Å². The van der Waals surface area contributed by atoms with Gasteiger partial charge in [-0.15, -0.1) is 0 Å². The van der Waals surface area contributed by atoms with Crippen LogP contribution in [0, 0.1) is 18.6 Å². The van der Waals surface area contributed by atoms with Crippen molar-refractivity contribution >= 4 is 28.5 Å². The van der Waals surface area contributed by atoms with Gasteiger partial charge in [0.25, 0.3) is 0 Å². The second kappa shape index (κ2) is 9.39. The van der Waals surface area contributed by atoms with Gasteiger partial charge in [0.2, 0.25) is 5.88 Å². The van der Waals surface area contributed by atoms with Crippen molar-refractivity contribution in [3.8, 4) is 5.88 Å². The van der Waals surface area contributed by atoms with Gasteiger partial charge < -0.3 is 25.4 Å². The maximum Gasteiger partial charge on any atom is 0.344 e. The van der Waals surface area contributed by atoms with E-state index in [2.05, 4.69) is 15.0 Å². The fourth-order valence-corrected chi connectivity index (χ4v) is 2.74. The van der Waals surface area contributed by atoms with Crippen LogP contribution in [-0.4, -0.2) is 50.9 Å². The summed E-state index contributed by atoms with van der Waals surface area (Å²) in [5, 5.41) is 31.5. The van der Waals surface area contributed by atoms with Crippen LogP contribution >= 0.6 is 11.5 Å². The summed E-state index contributed by atoms with van der Waals surface area (Å²) in [7, 11) is 0. The molecular formula is C16H17F2N3O6S. The number of amides is 2. The highest BCUT2D eigenvalue weighted by atomic mass is 32.1. The molecule has 1 unspecified atom stereocenters. The lowest BCUT2D eigenvalue weighted by atomic mass is 10.1. The van der Waals surface area contributed by atoms with Gasteiger partial charge in [-0.3, -0.25) is 5.32 Å². The summed E-state index contributed by atoms with van der Waals surface area (Å²) in [6.07, 6.45) is -1.17. The zero-order valence-electron chi connectivity index (χ0n) is 14.5. The van der Waals surface area contributed by atoms with Crippen LogP contribution in [0.15, 0.2) is 12.1 Å². The number of carboxylic acid groups (broad SMARTS) is 1. The smallest absolute Gasteiger partial charge is 0.344 e. The molecule has 2 rings (SSSR count). The standard InChI is InChI=1S/C16H17F2N3O6S/c1-7-2-11(18)8(3-10(7)17)6-27-13-12(15(24)25)14(28-21-13)20-16(26)19-4-9(23)5-22/h2-3,9,22-23H,4-6H2,1H3,(H,24,25)(H2,19,20,26). The zero-order valence-corrected chi connectivity index (χ0v) is 15.3. The summed E-state index contributed by atoms with van der Waals surface area (Å²) in [5.74, 6) is -3.18. The maximum absolute atomic E-state index is 13.9. The minimum atomic E-state index is -1.45. The normalized spacial score (nSPS) is 11.8. The van der Waals surface area contributed by atoms with Crippen molar-refractivity contribution in [1.29, 1.82) is 0 Å². The van der Waals surface area contributed by atoms with Gasteiger partial charge in [-0.2, -0.15) is 4.37 Å². The number of benzene rings is 1. The molecule has 0 saturated carbocycles. The number of carbonyl (C=O) groups is 2. The molecule has 0 spiro atoms. The van der Waals surface area contributed by atoms with E-state index in [1.807, 2.05) is 0 Å². The number of carboxylic acids is 1. The molecule has 9 nitrogen and oxygen atoms in total. The van der Waals surface area contributed by atoms with Gasteiger partial charge >= 0.3 is 12.0 Å². The number of aliphatic hydroxyl groups excluding tert-OH is 2. The Bertz CT molecular complexity index is 876. The number of hydrogen-bond donors (Lipinski definition) is 5. The van der Waals surface area contributed by atoms with E-state index in [1.54, 1.807) is 0 Å². The first kappa shape index (κ1) is 21.5. The van der Waals surface area contributed by atoms with Crippen molar-refractivity contribution in [3.05, 3.63) is 40.5 Å². The number of hydrogen-bond acceptors (Lipinski definition) is 7. The largest absolute Gasteiger partial charge is 0.477 e. The third kappa shape index (κ3) is 5.34. The van der Waals surface area contributed by atoms with Crippen molar-refractivity contribution in [1.82, 2.24) is 9.69 Å². The van der Waals surface area contributed by atoms with Crippen molar-refractivity contribution < 1.29 is 38.4 Å². The second-order valence-electron chi connectivity index (χ2n) is 5.65. The first-order valence-electron chi connectivity index (χ1n) is 7.87. The molecule has 0 fully saturated rings. The van der Waals surface area contributed by atoms with Crippen LogP contribution in [-0.2, 0) is 6.61 Å². The van der Waals surface area contributed by atoms with E-state index in [9.17, 15) is 28.6 Å². The Hall–Kier alpha value is -2.83. The number of aliphatic hydroxyl groups is 2. The van der Waals surface area contributed by atoms with E-state index in [0.29, 0.717) is 11.5 Å². The first-order valence-corrected chi connectivity index (χ1v) is 8.64. The topological polar surface area (TPSA) is 141 Å². The fourth-order valence-electron chi connectivity index (χ4n) is 2.01. The van der Waals surface area contributed by atoms with Gasteiger partial charge in [0, 0.05) is 12.1 Å². The number of carbonyl (C=O) groups excluding carboxylic acids is 1. The highest BCUT2D eigenvalue weighted by molar-refractivity contribution is 7.11. The quantitative estimate of drug-likeness (QED) is 0.438. The average molecular weight is 417 g/mol. The van der Waals surface area contributed by atoms with E-state index in [1.165, 1.54) is 6.92 Å². The number of aromatic nitrogens is 1. The monoisotopic (exact) mass is 417 g/mol. The number of aryl methyl sites for hydroxylation is 1. The van der Waals surface area contributed by atoms with Crippen molar-refractivity contribution in [2.24, 2.45) is 0 Å². The molecule has 0 saturated heterocycles. The Balaban J connectivity index is 2.11. The lowest BCUT2D eigenvalue weighted by Gasteiger charge is -2.10. The highest BCUT2D eigenvalue weighted by Crippen LogP contribution is 2.31. The Labute approximate surface area is 161 Å². The minimum Gasteiger partial charge on any atom is -0.477 e. The van der Waals surface area contributed by atoms with E-state index in [4.69, 9.17) is 9.84 Å². The summed E-state index contributed by atoms with van der Waals surface area (Å²) in [4.78, 5) is 23.2. The number of aromatic carboxylic acids is 1. The third-order valence-corrected chi connectivity index (χ3v) is 4.25. The molecule has 5 N–H and O–H groups in total. The SMILES string of the molecule is Cc1cc(F)c(COc2nsc(NC(=O)NCC(O)CO)c2C(=O)O)cc1F. The van der Waals surface area contributed by atoms with Crippen LogP contribution in [0.4, 0.5) is 18.6 Å². The molecule has 0 radical (unpaired) electrons. The van der Waals surface area contributed by atoms with Crippen LogP contribution in [0.25, 0.3) is 0 Å². The first-order chi connectivity index (χ1) is 13.2. The molecule has 0 aliphatic rings. The third-order valence-electron chi connectivity index (χ3n) is 3.50. The number of rotatable bonds is 8. The van der Waals surface area contributed by atoms with Crippen LogP contribution in [0.5, 0.6) is 5.88 Å². The lowest BCUT2D eigenvalue weighted by molar-refractivity contribution is 0.0693. The maximum atomic E-state index is 13.9. The summed E-state index contributed by atoms with van der Waals surface area (Å²) in [5.41, 5.74) is -0.474. The molecule has 1 aromatic heterocycles.